The number of ether oxygens (including phenoxy) is 2. The molecule has 0 fully saturated rings. The number of hydrogen-bond acceptors (Lipinski definition) is 8. The van der Waals surface area contributed by atoms with Gasteiger partial charge in [0.1, 0.15) is 28.5 Å². The molecular weight excluding hydrogens is 871 g/mol. The van der Waals surface area contributed by atoms with Crippen molar-refractivity contribution in [1.29, 1.82) is 0 Å². The molecule has 13 nitrogen and oxygen atoms in total. The van der Waals surface area contributed by atoms with Gasteiger partial charge in [0, 0.05) is 71.8 Å². The van der Waals surface area contributed by atoms with Crippen molar-refractivity contribution in [2.75, 3.05) is 11.9 Å². The molecule has 3 aromatic carbocycles. The van der Waals surface area contributed by atoms with E-state index in [0.29, 0.717) is 50.4 Å². The number of carbonyl (C=O) groups excluding carboxylic acids is 2. The predicted octanol–water partition coefficient (Wildman–Crippen LogP) is 7.46. The van der Waals surface area contributed by atoms with Crippen LogP contribution in [0.3, 0.4) is 0 Å². The molecule has 297 valence electrons. The van der Waals surface area contributed by atoms with Gasteiger partial charge in [-0.1, -0.05) is 11.8 Å². The van der Waals surface area contributed by atoms with Gasteiger partial charge in [0.15, 0.2) is 6.73 Å². The Morgan fingerprint density at radius 3 is 2.23 bits per heavy atom. The zero-order valence-electron chi connectivity index (χ0n) is 32.3. The van der Waals surface area contributed by atoms with Gasteiger partial charge in [0.25, 0.3) is 11.5 Å². The molecule has 5 rings (SSSR count). The number of nitrogens with one attached hydrogen (secondary N) is 1. The minimum atomic E-state index is -4.72. The van der Waals surface area contributed by atoms with Crippen molar-refractivity contribution >= 4 is 36.3 Å². The molecule has 0 bridgehead atoms. The molecule has 1 amide bonds. The number of rotatable bonds is 13. The summed E-state index contributed by atoms with van der Waals surface area (Å²) in [5, 5.41) is 14.1. The first-order valence-electron chi connectivity index (χ1n) is 17.3. The number of phosphoric ester groups is 1. The maximum atomic E-state index is 14.2. The Balaban J connectivity index is 0.00000204. The van der Waals surface area contributed by atoms with Gasteiger partial charge < -0.3 is 40.7 Å². The number of benzene rings is 3. The van der Waals surface area contributed by atoms with Gasteiger partial charge in [-0.15, -0.1) is 12.1 Å². The van der Waals surface area contributed by atoms with Crippen LogP contribution >= 0.6 is 7.82 Å². The van der Waals surface area contributed by atoms with E-state index in [4.69, 9.17) is 19.3 Å². The van der Waals surface area contributed by atoms with Gasteiger partial charge in [-0.2, -0.15) is 32.0 Å². The van der Waals surface area contributed by atoms with Crippen molar-refractivity contribution < 1.29 is 83.0 Å². The second-order valence-electron chi connectivity index (χ2n) is 13.3. The van der Waals surface area contributed by atoms with E-state index in [1.165, 1.54) is 34.4 Å². The quantitative estimate of drug-likeness (QED) is 0.0401. The summed E-state index contributed by atoms with van der Waals surface area (Å²) in [5.41, 5.74) is 1.07. The number of pyridine rings is 1. The Bertz CT molecular complexity index is 2260. The molecule has 0 aliphatic heterocycles. The third-order valence-corrected chi connectivity index (χ3v) is 8.71. The van der Waals surface area contributed by atoms with Crippen LogP contribution < -0.4 is 15.6 Å². The maximum Gasteiger partial charge on any atom is 0.469 e. The summed E-state index contributed by atoms with van der Waals surface area (Å²) in [6.07, 6.45) is 3.24. The molecule has 2 aromatic heterocycles. The molecule has 56 heavy (non-hydrogen) atoms. The summed E-state index contributed by atoms with van der Waals surface area (Å²) in [6.45, 7) is 9.69. The topological polar surface area (TPSA) is 179 Å². The number of amides is 1. The Kier molecular flexibility index (Phi) is 16.6. The van der Waals surface area contributed by atoms with Crippen LogP contribution in [0.5, 0.6) is 11.5 Å². The average Bonchev–Trinajstić information content (AvgIpc) is 3.49. The Morgan fingerprint density at radius 1 is 1.02 bits per heavy atom. The fourth-order valence-electron chi connectivity index (χ4n) is 5.66. The molecule has 0 atom stereocenters. The van der Waals surface area contributed by atoms with E-state index >= 15 is 0 Å². The van der Waals surface area contributed by atoms with Crippen LogP contribution in [0.15, 0.2) is 71.7 Å². The maximum absolute atomic E-state index is 14.2. The van der Waals surface area contributed by atoms with Crippen LogP contribution in [-0.4, -0.2) is 42.5 Å². The third-order valence-electron chi connectivity index (χ3n) is 8.19. The minimum Gasteiger partial charge on any atom is -0.456 e. The third kappa shape index (κ3) is 12.0. The van der Waals surface area contributed by atoms with Crippen molar-refractivity contribution in [2.24, 2.45) is 7.05 Å². The van der Waals surface area contributed by atoms with Crippen molar-refractivity contribution in [1.82, 2.24) is 9.13 Å². The van der Waals surface area contributed by atoms with Crippen LogP contribution in [0, 0.1) is 67.8 Å². The molecule has 0 saturated heterocycles. The standard InChI is InChI=1S/C37H38FN3O10P.C3H7.La/c1-22-16-25(38)17-23(2)34(22)51-31-14-13-24(37(3,4)45)18-27(31)29-20-40(5)36(44)33-28(29)19-30(35(43)39-26-10-7-6-8-11-26)41(33)21-49-32(42)12-9-15-50-52(46,47)48;1-3-2;/h7-8,10-11,13-14,16-20,45H,9,12,15,21H2,1-5H3,(H,39,43)(H2,46,47,48);3H,1-2H3;/q2*-1;. The smallest absolute Gasteiger partial charge is 0.456 e. The molecule has 0 spiro atoms. The molecule has 5 aromatic rings. The van der Waals surface area contributed by atoms with E-state index in [0.717, 1.165) is 0 Å². The Labute approximate surface area is 352 Å². The largest absolute Gasteiger partial charge is 0.469 e. The fourth-order valence-corrected chi connectivity index (χ4v) is 6.03. The van der Waals surface area contributed by atoms with Gasteiger partial charge in [-0.25, -0.2) is 8.96 Å². The van der Waals surface area contributed by atoms with Crippen molar-refractivity contribution in [3.63, 3.8) is 0 Å². The average molecular weight is 917 g/mol. The van der Waals surface area contributed by atoms with Crippen LogP contribution in [-0.2, 0) is 38.0 Å². The molecule has 0 aliphatic rings. The normalized spacial score (nSPS) is 11.3. The second-order valence-corrected chi connectivity index (χ2v) is 14.6. The fraction of sp³-hybridized carbons (Fsp3) is 0.300. The summed E-state index contributed by atoms with van der Waals surface area (Å²) in [6, 6.07) is 18.6. The predicted molar refractivity (Wildman–Crippen MR) is 206 cm³/mol. The van der Waals surface area contributed by atoms with Crippen molar-refractivity contribution in [3.8, 4) is 22.6 Å². The number of aliphatic hydroxyl groups is 1. The number of anilines is 1. The van der Waals surface area contributed by atoms with E-state index in [9.17, 15) is 28.4 Å². The zero-order valence-corrected chi connectivity index (χ0v) is 36.8. The van der Waals surface area contributed by atoms with E-state index in [2.05, 4.69) is 15.9 Å². The van der Waals surface area contributed by atoms with Crippen LogP contribution in [0.2, 0.25) is 0 Å². The molecule has 0 unspecified atom stereocenters. The van der Waals surface area contributed by atoms with Crippen molar-refractivity contribution in [3.05, 3.63) is 118 Å². The van der Waals surface area contributed by atoms with Gasteiger partial charge >= 0.3 is 13.8 Å². The number of phosphoric acid groups is 1. The monoisotopic (exact) mass is 916 g/mol. The number of fused-ring (bicyclic) bond motifs is 1. The van der Waals surface area contributed by atoms with Crippen LogP contribution in [0.25, 0.3) is 22.0 Å². The molecule has 1 radical (unpaired) electrons. The Morgan fingerprint density at radius 2 is 1.64 bits per heavy atom. The first-order valence-corrected chi connectivity index (χ1v) is 18.8. The van der Waals surface area contributed by atoms with Crippen LogP contribution in [0.1, 0.15) is 67.7 Å². The first kappa shape index (κ1) is 46.5. The van der Waals surface area contributed by atoms with Crippen molar-refractivity contribution in [2.45, 2.75) is 66.7 Å². The molecule has 2 heterocycles. The number of carbonyl (C=O) groups is 2. The number of aryl methyl sites for hydroxylation is 3. The van der Waals surface area contributed by atoms with E-state index in [1.807, 2.05) is 20.3 Å². The van der Waals surface area contributed by atoms with E-state index in [1.54, 1.807) is 76.4 Å². The number of aromatic nitrogens is 2. The number of hydrogen-bond donors (Lipinski definition) is 4. The molecule has 4 N–H and O–H groups in total. The number of esters is 1. The summed E-state index contributed by atoms with van der Waals surface area (Å²) >= 11 is 0. The van der Waals surface area contributed by atoms with Gasteiger partial charge in [0.2, 0.25) is 0 Å². The van der Waals surface area contributed by atoms with Gasteiger partial charge in [-0.05, 0) is 81.1 Å². The van der Waals surface area contributed by atoms with Gasteiger partial charge in [0.05, 0.1) is 12.2 Å². The number of nitrogens with zero attached hydrogens (tertiary/aromatic N) is 2. The van der Waals surface area contributed by atoms with E-state index < -0.39 is 50.0 Å². The Hall–Kier alpha value is -3.92. The summed E-state index contributed by atoms with van der Waals surface area (Å²) in [4.78, 5) is 58.2. The second kappa shape index (κ2) is 20.0. The molecular formula is C40H45FLaN3O10P-2. The first-order chi connectivity index (χ1) is 25.8. The molecule has 0 saturated carbocycles. The zero-order chi connectivity index (χ0) is 40.7. The minimum absolute atomic E-state index is 0. The molecule has 16 heteroatoms. The summed E-state index contributed by atoms with van der Waals surface area (Å²) in [5.74, 6) is -1.09. The van der Waals surface area contributed by atoms with E-state index in [-0.39, 0.29) is 59.7 Å². The summed E-state index contributed by atoms with van der Waals surface area (Å²) in [7, 11) is -3.20. The van der Waals surface area contributed by atoms with Gasteiger partial charge in [-0.3, -0.25) is 23.5 Å². The summed E-state index contributed by atoms with van der Waals surface area (Å²) < 4.78 is 44.0. The van der Waals surface area contributed by atoms with Crippen LogP contribution in [0.4, 0.5) is 10.1 Å². The molecule has 0 aliphatic carbocycles. The number of halogens is 1. The SMILES string of the molecule is C[CH-]C.Cc1cc(F)cc(C)c1Oc1ccc(C(C)(C)O)cc1-c1cn(C)c(=O)c2c1cc(C(=O)Nc1cc[c-]cc1)n2COC(=O)CCCOP(=O)(O)O.[La].